The van der Waals surface area contributed by atoms with Crippen molar-refractivity contribution < 1.29 is 4.79 Å². The smallest absolute Gasteiger partial charge is 0.220 e. The number of amides is 1. The summed E-state index contributed by atoms with van der Waals surface area (Å²) >= 11 is 0. The molecule has 0 unspecified atom stereocenters. The second-order valence-electron chi connectivity index (χ2n) is 5.88. The lowest BCUT2D eigenvalue weighted by Gasteiger charge is -2.22. The standard InChI is InChI=1S/C17H26N2O/c1-13-5-3-4-6-16(13)14(2)19-17(20)8-7-15-9-11-18-12-10-15/h3-6,14-15,18H,7-12H2,1-2H3,(H,19,20)/t14-/m1/s1. The highest BCUT2D eigenvalue weighted by molar-refractivity contribution is 5.76. The van der Waals surface area contributed by atoms with Gasteiger partial charge in [-0.1, -0.05) is 24.3 Å². The Kier molecular flexibility index (Phi) is 5.60. The molecule has 1 atom stereocenters. The van der Waals surface area contributed by atoms with E-state index in [1.54, 1.807) is 0 Å². The fourth-order valence-electron chi connectivity index (χ4n) is 2.97. The molecule has 1 aromatic rings. The van der Waals surface area contributed by atoms with Crippen LogP contribution in [0.15, 0.2) is 24.3 Å². The molecule has 1 aliphatic rings. The minimum Gasteiger partial charge on any atom is -0.350 e. The van der Waals surface area contributed by atoms with Gasteiger partial charge in [0.05, 0.1) is 6.04 Å². The number of nitrogens with one attached hydrogen (secondary N) is 2. The fourth-order valence-corrected chi connectivity index (χ4v) is 2.97. The van der Waals surface area contributed by atoms with Gasteiger partial charge in [0.1, 0.15) is 0 Å². The highest BCUT2D eigenvalue weighted by atomic mass is 16.1. The molecule has 0 spiro atoms. The summed E-state index contributed by atoms with van der Waals surface area (Å²) in [7, 11) is 0. The van der Waals surface area contributed by atoms with Gasteiger partial charge in [0, 0.05) is 6.42 Å². The minimum absolute atomic E-state index is 0.0942. The van der Waals surface area contributed by atoms with Crippen LogP contribution in [0.1, 0.15) is 49.8 Å². The maximum absolute atomic E-state index is 12.1. The molecule has 1 aliphatic heterocycles. The Morgan fingerprint density at radius 1 is 1.35 bits per heavy atom. The third kappa shape index (κ3) is 4.34. The van der Waals surface area contributed by atoms with Crippen LogP contribution < -0.4 is 10.6 Å². The second-order valence-corrected chi connectivity index (χ2v) is 5.88. The van der Waals surface area contributed by atoms with E-state index in [9.17, 15) is 4.79 Å². The van der Waals surface area contributed by atoms with Crippen LogP contribution in [0.2, 0.25) is 0 Å². The zero-order valence-electron chi connectivity index (χ0n) is 12.6. The summed E-state index contributed by atoms with van der Waals surface area (Å²) in [4.78, 5) is 12.1. The zero-order valence-corrected chi connectivity index (χ0v) is 12.6. The molecule has 1 amide bonds. The lowest BCUT2D eigenvalue weighted by atomic mass is 9.93. The van der Waals surface area contributed by atoms with E-state index in [2.05, 4.69) is 36.6 Å². The molecule has 0 saturated carbocycles. The monoisotopic (exact) mass is 274 g/mol. The second kappa shape index (κ2) is 7.44. The Labute approximate surface area is 122 Å². The quantitative estimate of drug-likeness (QED) is 0.866. The topological polar surface area (TPSA) is 41.1 Å². The first-order valence-electron chi connectivity index (χ1n) is 7.72. The Morgan fingerprint density at radius 3 is 2.75 bits per heavy atom. The van der Waals surface area contributed by atoms with Crippen LogP contribution in [0.3, 0.4) is 0 Å². The van der Waals surface area contributed by atoms with E-state index in [0.717, 1.165) is 25.4 Å². The van der Waals surface area contributed by atoms with Crippen molar-refractivity contribution in [2.24, 2.45) is 5.92 Å². The number of benzene rings is 1. The Balaban J connectivity index is 1.77. The number of aryl methyl sites for hydroxylation is 1. The van der Waals surface area contributed by atoms with Gasteiger partial charge in [-0.25, -0.2) is 0 Å². The summed E-state index contributed by atoms with van der Waals surface area (Å²) in [6.07, 6.45) is 4.09. The van der Waals surface area contributed by atoms with Gasteiger partial charge in [-0.3, -0.25) is 4.79 Å². The molecule has 1 heterocycles. The van der Waals surface area contributed by atoms with Gasteiger partial charge in [-0.05, 0) is 63.2 Å². The molecule has 0 bridgehead atoms. The number of carbonyl (C=O) groups is 1. The van der Waals surface area contributed by atoms with Gasteiger partial charge < -0.3 is 10.6 Å². The Bertz CT molecular complexity index is 438. The molecule has 1 fully saturated rings. The zero-order chi connectivity index (χ0) is 14.4. The minimum atomic E-state index is 0.0942. The third-order valence-electron chi connectivity index (χ3n) is 4.27. The van der Waals surface area contributed by atoms with Gasteiger partial charge in [-0.2, -0.15) is 0 Å². The first-order valence-corrected chi connectivity index (χ1v) is 7.72. The predicted molar refractivity (Wildman–Crippen MR) is 82.6 cm³/mol. The normalized spacial score (nSPS) is 17.7. The van der Waals surface area contributed by atoms with Crippen molar-refractivity contribution in [3.8, 4) is 0 Å². The van der Waals surface area contributed by atoms with Gasteiger partial charge in [-0.15, -0.1) is 0 Å². The fraction of sp³-hybridized carbons (Fsp3) is 0.588. The molecule has 2 N–H and O–H groups in total. The molecular formula is C17H26N2O. The van der Waals surface area contributed by atoms with Crippen molar-refractivity contribution in [2.75, 3.05) is 13.1 Å². The summed E-state index contributed by atoms with van der Waals surface area (Å²) in [5.41, 5.74) is 2.45. The van der Waals surface area contributed by atoms with Crippen molar-refractivity contribution in [1.29, 1.82) is 0 Å². The van der Waals surface area contributed by atoms with E-state index in [0.29, 0.717) is 6.42 Å². The van der Waals surface area contributed by atoms with Crippen LogP contribution in [0.4, 0.5) is 0 Å². The van der Waals surface area contributed by atoms with Crippen molar-refractivity contribution in [2.45, 2.75) is 45.6 Å². The van der Waals surface area contributed by atoms with Crippen LogP contribution in [0, 0.1) is 12.8 Å². The molecule has 3 nitrogen and oxygen atoms in total. The highest BCUT2D eigenvalue weighted by Crippen LogP contribution is 2.19. The largest absolute Gasteiger partial charge is 0.350 e. The molecule has 20 heavy (non-hydrogen) atoms. The summed E-state index contributed by atoms with van der Waals surface area (Å²) in [5.74, 6) is 0.898. The molecule has 0 radical (unpaired) electrons. The van der Waals surface area contributed by atoms with Crippen molar-refractivity contribution in [1.82, 2.24) is 10.6 Å². The Hall–Kier alpha value is -1.35. The number of rotatable bonds is 5. The predicted octanol–water partition coefficient (Wildman–Crippen LogP) is 2.95. The average Bonchev–Trinajstić information content (AvgIpc) is 2.46. The summed E-state index contributed by atoms with van der Waals surface area (Å²) in [6, 6.07) is 8.33. The van der Waals surface area contributed by atoms with Gasteiger partial charge in [0.2, 0.25) is 5.91 Å². The van der Waals surface area contributed by atoms with Gasteiger partial charge in [0.15, 0.2) is 0 Å². The molecule has 1 saturated heterocycles. The number of carbonyl (C=O) groups excluding carboxylic acids is 1. The van der Waals surface area contributed by atoms with E-state index in [1.165, 1.54) is 24.0 Å². The van der Waals surface area contributed by atoms with E-state index in [1.807, 2.05) is 12.1 Å². The molecule has 3 heteroatoms. The van der Waals surface area contributed by atoms with Crippen molar-refractivity contribution in [3.05, 3.63) is 35.4 Å². The SMILES string of the molecule is Cc1ccccc1[C@@H](C)NC(=O)CCC1CCNCC1. The van der Waals surface area contributed by atoms with Crippen molar-refractivity contribution >= 4 is 5.91 Å². The average molecular weight is 274 g/mol. The lowest BCUT2D eigenvalue weighted by Crippen LogP contribution is -2.30. The van der Waals surface area contributed by atoms with Crippen LogP contribution in [0.25, 0.3) is 0 Å². The number of hydrogen-bond acceptors (Lipinski definition) is 2. The number of hydrogen-bond donors (Lipinski definition) is 2. The van der Waals surface area contributed by atoms with E-state index >= 15 is 0 Å². The molecule has 110 valence electrons. The highest BCUT2D eigenvalue weighted by Gasteiger charge is 2.16. The lowest BCUT2D eigenvalue weighted by molar-refractivity contribution is -0.122. The van der Waals surface area contributed by atoms with Gasteiger partial charge in [0.25, 0.3) is 0 Å². The first-order chi connectivity index (χ1) is 9.66. The maximum atomic E-state index is 12.1. The Morgan fingerprint density at radius 2 is 2.05 bits per heavy atom. The summed E-state index contributed by atoms with van der Waals surface area (Å²) < 4.78 is 0. The van der Waals surface area contributed by atoms with Crippen molar-refractivity contribution in [3.63, 3.8) is 0 Å². The summed E-state index contributed by atoms with van der Waals surface area (Å²) in [6.45, 7) is 6.36. The van der Waals surface area contributed by atoms with Gasteiger partial charge >= 0.3 is 0 Å². The van der Waals surface area contributed by atoms with E-state index in [4.69, 9.17) is 0 Å². The first kappa shape index (κ1) is 15.0. The maximum Gasteiger partial charge on any atom is 0.220 e. The van der Waals surface area contributed by atoms with Crippen LogP contribution >= 0.6 is 0 Å². The molecule has 1 aromatic carbocycles. The van der Waals surface area contributed by atoms with E-state index in [-0.39, 0.29) is 11.9 Å². The third-order valence-corrected chi connectivity index (χ3v) is 4.27. The van der Waals surface area contributed by atoms with E-state index < -0.39 is 0 Å². The summed E-state index contributed by atoms with van der Waals surface area (Å²) in [5, 5.41) is 6.48. The van der Waals surface area contributed by atoms with Crippen LogP contribution in [-0.4, -0.2) is 19.0 Å². The molecule has 2 rings (SSSR count). The van der Waals surface area contributed by atoms with Crippen LogP contribution in [-0.2, 0) is 4.79 Å². The molecule has 0 aromatic heterocycles. The van der Waals surface area contributed by atoms with Crippen LogP contribution in [0.5, 0.6) is 0 Å². The molecule has 0 aliphatic carbocycles. The molecular weight excluding hydrogens is 248 g/mol. The number of piperidine rings is 1.